The van der Waals surface area contributed by atoms with Crippen LogP contribution in [0, 0.1) is 18.3 Å². The minimum Gasteiger partial charge on any atom is -0.298 e. The molecule has 0 spiro atoms. The van der Waals surface area contributed by atoms with Crippen molar-refractivity contribution in [2.75, 3.05) is 0 Å². The van der Waals surface area contributed by atoms with Gasteiger partial charge in [-0.2, -0.15) is 5.26 Å². The molecular formula is C17H12N2O3S. The van der Waals surface area contributed by atoms with Crippen molar-refractivity contribution in [3.05, 3.63) is 65.4 Å². The number of hydrogen-bond donors (Lipinski definition) is 0. The van der Waals surface area contributed by atoms with Crippen LogP contribution in [0.15, 0.2) is 53.6 Å². The first-order chi connectivity index (χ1) is 11.0. The molecule has 2 aromatic carbocycles. The van der Waals surface area contributed by atoms with Gasteiger partial charge in [0.15, 0.2) is 6.29 Å². The average Bonchev–Trinajstić information content (AvgIpc) is 2.93. The Kier molecular flexibility index (Phi) is 3.51. The van der Waals surface area contributed by atoms with Crippen LogP contribution in [0.3, 0.4) is 0 Å². The lowest BCUT2D eigenvalue weighted by atomic mass is 10.1. The quantitative estimate of drug-likeness (QED) is 0.694. The fourth-order valence-corrected chi connectivity index (χ4v) is 3.78. The summed E-state index contributed by atoms with van der Waals surface area (Å²) >= 11 is 0. The van der Waals surface area contributed by atoms with E-state index in [4.69, 9.17) is 5.26 Å². The van der Waals surface area contributed by atoms with Gasteiger partial charge in [0.1, 0.15) is 0 Å². The highest BCUT2D eigenvalue weighted by Gasteiger charge is 2.21. The van der Waals surface area contributed by atoms with Crippen LogP contribution in [0.4, 0.5) is 0 Å². The Bertz CT molecular complexity index is 1060. The molecule has 0 fully saturated rings. The van der Waals surface area contributed by atoms with Gasteiger partial charge in [-0.25, -0.2) is 12.4 Å². The summed E-state index contributed by atoms with van der Waals surface area (Å²) in [6.07, 6.45) is 1.89. The molecule has 0 amide bonds. The number of carbonyl (C=O) groups is 1. The van der Waals surface area contributed by atoms with E-state index in [2.05, 4.69) is 0 Å². The van der Waals surface area contributed by atoms with Crippen molar-refractivity contribution in [2.24, 2.45) is 0 Å². The van der Waals surface area contributed by atoms with Crippen molar-refractivity contribution >= 4 is 27.2 Å². The molecule has 0 aliphatic heterocycles. The average molecular weight is 324 g/mol. The van der Waals surface area contributed by atoms with Gasteiger partial charge in [0, 0.05) is 17.1 Å². The molecule has 3 aromatic rings. The summed E-state index contributed by atoms with van der Waals surface area (Å²) in [7, 11) is -3.85. The van der Waals surface area contributed by atoms with Crippen LogP contribution < -0.4 is 0 Å². The molecule has 114 valence electrons. The van der Waals surface area contributed by atoms with Gasteiger partial charge >= 0.3 is 0 Å². The van der Waals surface area contributed by atoms with Crippen LogP contribution in [-0.2, 0) is 10.0 Å². The highest BCUT2D eigenvalue weighted by molar-refractivity contribution is 7.90. The molecule has 0 N–H and O–H groups in total. The van der Waals surface area contributed by atoms with Crippen molar-refractivity contribution in [1.29, 1.82) is 5.26 Å². The molecule has 0 saturated heterocycles. The van der Waals surface area contributed by atoms with Crippen molar-refractivity contribution < 1.29 is 13.2 Å². The first-order valence-electron chi connectivity index (χ1n) is 6.80. The number of hydrogen-bond acceptors (Lipinski definition) is 4. The van der Waals surface area contributed by atoms with Gasteiger partial charge in [-0.1, -0.05) is 23.8 Å². The minimum atomic E-state index is -3.85. The third kappa shape index (κ3) is 2.41. The third-order valence-electron chi connectivity index (χ3n) is 3.64. The normalized spacial score (nSPS) is 11.3. The molecule has 1 aromatic heterocycles. The van der Waals surface area contributed by atoms with Crippen LogP contribution >= 0.6 is 0 Å². The Labute approximate surface area is 133 Å². The SMILES string of the molecule is Cc1ccc(S(=O)(=O)n2cc(C=O)c3ccc(C#N)cc32)cc1. The fraction of sp³-hybridized carbons (Fsp3) is 0.0588. The summed E-state index contributed by atoms with van der Waals surface area (Å²) in [5, 5.41) is 9.52. The minimum absolute atomic E-state index is 0.125. The summed E-state index contributed by atoms with van der Waals surface area (Å²) in [5.41, 5.74) is 1.85. The topological polar surface area (TPSA) is 79.9 Å². The number of fused-ring (bicyclic) bond motifs is 1. The number of nitriles is 1. The third-order valence-corrected chi connectivity index (χ3v) is 5.32. The summed E-state index contributed by atoms with van der Waals surface area (Å²) in [5.74, 6) is 0. The maximum Gasteiger partial charge on any atom is 0.268 e. The summed E-state index contributed by atoms with van der Waals surface area (Å²) in [4.78, 5) is 11.3. The molecule has 1 heterocycles. The maximum absolute atomic E-state index is 12.9. The molecule has 0 radical (unpaired) electrons. The van der Waals surface area contributed by atoms with E-state index >= 15 is 0 Å². The predicted molar refractivity (Wildman–Crippen MR) is 85.8 cm³/mol. The molecule has 5 nitrogen and oxygen atoms in total. The van der Waals surface area contributed by atoms with E-state index in [9.17, 15) is 13.2 Å². The maximum atomic E-state index is 12.9. The zero-order valence-corrected chi connectivity index (χ0v) is 13.0. The van der Waals surface area contributed by atoms with Gasteiger partial charge in [-0.05, 0) is 31.2 Å². The Morgan fingerprint density at radius 1 is 1.13 bits per heavy atom. The fourth-order valence-electron chi connectivity index (χ4n) is 2.41. The second kappa shape index (κ2) is 5.38. The number of aromatic nitrogens is 1. The molecule has 0 unspecified atom stereocenters. The molecule has 3 rings (SSSR count). The van der Waals surface area contributed by atoms with Gasteiger partial charge < -0.3 is 0 Å². The number of rotatable bonds is 3. The van der Waals surface area contributed by atoms with Gasteiger partial charge in [-0.3, -0.25) is 4.79 Å². The molecule has 0 bridgehead atoms. The first-order valence-corrected chi connectivity index (χ1v) is 8.24. The number of nitrogens with zero attached hydrogens (tertiary/aromatic N) is 2. The van der Waals surface area contributed by atoms with E-state index in [1.165, 1.54) is 24.4 Å². The van der Waals surface area contributed by atoms with Crippen molar-refractivity contribution in [2.45, 2.75) is 11.8 Å². The standard InChI is InChI=1S/C17H12N2O3S/c1-12-2-5-15(6-3-12)23(21,22)19-10-14(11-20)16-7-4-13(9-18)8-17(16)19/h2-8,10-11H,1H3. The van der Waals surface area contributed by atoms with Crippen molar-refractivity contribution in [1.82, 2.24) is 3.97 Å². The summed E-state index contributed by atoms with van der Waals surface area (Å²) < 4.78 is 26.8. The van der Waals surface area contributed by atoms with Crippen LogP contribution in [-0.4, -0.2) is 18.7 Å². The smallest absolute Gasteiger partial charge is 0.268 e. The van der Waals surface area contributed by atoms with Crippen LogP contribution in [0.2, 0.25) is 0 Å². The van der Waals surface area contributed by atoms with Gasteiger partial charge in [0.2, 0.25) is 0 Å². The number of aldehydes is 1. The largest absolute Gasteiger partial charge is 0.298 e. The molecule has 23 heavy (non-hydrogen) atoms. The van der Waals surface area contributed by atoms with E-state index in [1.54, 1.807) is 24.3 Å². The zero-order valence-electron chi connectivity index (χ0n) is 12.2. The Morgan fingerprint density at radius 2 is 1.83 bits per heavy atom. The second-order valence-electron chi connectivity index (χ2n) is 5.16. The van der Waals surface area contributed by atoms with Gasteiger partial charge in [-0.15, -0.1) is 0 Å². The van der Waals surface area contributed by atoms with E-state index < -0.39 is 10.0 Å². The van der Waals surface area contributed by atoms with Crippen LogP contribution in [0.25, 0.3) is 10.9 Å². The van der Waals surface area contributed by atoms with Gasteiger partial charge in [0.25, 0.3) is 10.0 Å². The van der Waals surface area contributed by atoms with Crippen LogP contribution in [0.5, 0.6) is 0 Å². The Balaban J connectivity index is 2.32. The molecule has 6 heteroatoms. The molecule has 0 aliphatic carbocycles. The molecule has 0 saturated carbocycles. The summed E-state index contributed by atoms with van der Waals surface area (Å²) in [6, 6.07) is 13.0. The lowest BCUT2D eigenvalue weighted by molar-refractivity contribution is 0.112. The lowest BCUT2D eigenvalue weighted by Crippen LogP contribution is -2.11. The zero-order chi connectivity index (χ0) is 16.6. The molecule has 0 aliphatic rings. The van der Waals surface area contributed by atoms with E-state index in [1.807, 2.05) is 13.0 Å². The monoisotopic (exact) mass is 324 g/mol. The highest BCUT2D eigenvalue weighted by Crippen LogP contribution is 2.26. The van der Waals surface area contributed by atoms with Crippen molar-refractivity contribution in [3.8, 4) is 6.07 Å². The molecular weight excluding hydrogens is 312 g/mol. The number of benzene rings is 2. The molecule has 0 atom stereocenters. The summed E-state index contributed by atoms with van der Waals surface area (Å²) in [6.45, 7) is 1.87. The first kappa shape index (κ1) is 15.0. The van der Waals surface area contributed by atoms with Crippen LogP contribution in [0.1, 0.15) is 21.5 Å². The highest BCUT2D eigenvalue weighted by atomic mass is 32.2. The van der Waals surface area contributed by atoms with E-state index in [0.29, 0.717) is 22.8 Å². The predicted octanol–water partition coefficient (Wildman–Crippen LogP) is 2.87. The second-order valence-corrected chi connectivity index (χ2v) is 6.97. The van der Waals surface area contributed by atoms with Gasteiger partial charge in [0.05, 0.1) is 22.0 Å². The van der Waals surface area contributed by atoms with Crippen molar-refractivity contribution in [3.63, 3.8) is 0 Å². The van der Waals surface area contributed by atoms with E-state index in [0.717, 1.165) is 9.54 Å². The number of aryl methyl sites for hydroxylation is 1. The Hall–Kier alpha value is -2.91. The van der Waals surface area contributed by atoms with E-state index in [-0.39, 0.29) is 10.5 Å². The Morgan fingerprint density at radius 3 is 2.43 bits per heavy atom. The lowest BCUT2D eigenvalue weighted by Gasteiger charge is -2.08. The number of carbonyl (C=O) groups excluding carboxylic acids is 1.